The number of allylic oxidation sites excluding steroid dienone is 6. The van der Waals surface area contributed by atoms with Crippen LogP contribution in [0.2, 0.25) is 0 Å². The van der Waals surface area contributed by atoms with Crippen LogP contribution in [0.1, 0.15) is 219 Å². The van der Waals surface area contributed by atoms with Crippen molar-refractivity contribution in [2.75, 3.05) is 26.4 Å². The van der Waals surface area contributed by atoms with Gasteiger partial charge in [0.25, 0.3) is 0 Å². The quantitative estimate of drug-likeness (QED) is 0.0234. The topological polar surface area (TPSA) is 149 Å². The Morgan fingerprint density at radius 1 is 0.508 bits per heavy atom. The number of carbonyl (C=O) groups excluding carboxylic acids is 2. The van der Waals surface area contributed by atoms with Crippen molar-refractivity contribution in [3.05, 3.63) is 36.5 Å². The van der Waals surface area contributed by atoms with E-state index >= 15 is 0 Å². The Bertz CT molecular complexity index is 1080. The molecule has 0 amide bonds. The third kappa shape index (κ3) is 44.1. The van der Waals surface area contributed by atoms with Crippen molar-refractivity contribution >= 4 is 19.8 Å². The van der Waals surface area contributed by atoms with E-state index in [4.69, 9.17) is 23.6 Å². The molecule has 0 aromatic rings. The predicted octanol–water partition coefficient (Wildman–Crippen LogP) is 13.1. The molecule has 0 bridgehead atoms. The molecule has 0 saturated heterocycles. The summed E-state index contributed by atoms with van der Waals surface area (Å²) in [5.74, 6) is -0.941. The highest BCUT2D eigenvalue weighted by Crippen LogP contribution is 2.43. The molecule has 59 heavy (non-hydrogen) atoms. The molecular weight excluding hydrogens is 767 g/mol. The third-order valence-corrected chi connectivity index (χ3v) is 11.2. The highest BCUT2D eigenvalue weighted by Gasteiger charge is 2.27. The van der Waals surface area contributed by atoms with Gasteiger partial charge in [0, 0.05) is 12.8 Å². The molecule has 0 aliphatic rings. The monoisotopic (exact) mass is 857 g/mol. The van der Waals surface area contributed by atoms with Crippen LogP contribution in [0.5, 0.6) is 0 Å². The SMILES string of the molecule is CCCCC/C=C\C/C=C\C/C=C\CCCCCCC(=O)O[C@H](COC(=O)CCCCCCCCCCCCCCCCCCCCC)COP(=O)(O)OC[C@@H](O)CO. The summed E-state index contributed by atoms with van der Waals surface area (Å²) in [6, 6.07) is 0. The molecule has 0 radical (unpaired) electrons. The zero-order chi connectivity index (χ0) is 43.3. The lowest BCUT2D eigenvalue weighted by Crippen LogP contribution is -2.29. The van der Waals surface area contributed by atoms with Crippen LogP contribution in [0.25, 0.3) is 0 Å². The van der Waals surface area contributed by atoms with E-state index in [9.17, 15) is 24.2 Å². The van der Waals surface area contributed by atoms with Crippen LogP contribution in [-0.2, 0) is 32.7 Å². The summed E-state index contributed by atoms with van der Waals surface area (Å²) in [7, 11) is -4.62. The molecule has 0 aliphatic heterocycles. The van der Waals surface area contributed by atoms with Gasteiger partial charge in [-0.15, -0.1) is 0 Å². The Kier molecular flexibility index (Phi) is 42.9. The summed E-state index contributed by atoms with van der Waals surface area (Å²) < 4.78 is 32.8. The number of phosphoric acid groups is 1. The smallest absolute Gasteiger partial charge is 0.462 e. The number of aliphatic hydroxyl groups excluding tert-OH is 2. The molecule has 10 nitrogen and oxygen atoms in total. The second kappa shape index (κ2) is 44.3. The van der Waals surface area contributed by atoms with Crippen molar-refractivity contribution in [3.8, 4) is 0 Å². The third-order valence-electron chi connectivity index (χ3n) is 10.3. The molecular formula is C48H89O10P. The van der Waals surface area contributed by atoms with E-state index in [0.717, 1.165) is 57.8 Å². The van der Waals surface area contributed by atoms with Gasteiger partial charge in [0.15, 0.2) is 6.10 Å². The summed E-state index contributed by atoms with van der Waals surface area (Å²) >= 11 is 0. The number of rotatable bonds is 45. The van der Waals surface area contributed by atoms with Crippen molar-refractivity contribution in [1.82, 2.24) is 0 Å². The van der Waals surface area contributed by atoms with Crippen molar-refractivity contribution < 1.29 is 47.8 Å². The lowest BCUT2D eigenvalue weighted by molar-refractivity contribution is -0.161. The molecule has 0 aliphatic carbocycles. The number of carbonyl (C=O) groups is 2. The lowest BCUT2D eigenvalue weighted by atomic mass is 10.0. The first-order valence-electron chi connectivity index (χ1n) is 23.9. The molecule has 11 heteroatoms. The van der Waals surface area contributed by atoms with Gasteiger partial charge in [-0.2, -0.15) is 0 Å². The van der Waals surface area contributed by atoms with Gasteiger partial charge in [-0.1, -0.05) is 192 Å². The van der Waals surface area contributed by atoms with E-state index in [-0.39, 0.29) is 19.4 Å². The second-order valence-electron chi connectivity index (χ2n) is 16.1. The van der Waals surface area contributed by atoms with Crippen molar-refractivity contribution in [3.63, 3.8) is 0 Å². The van der Waals surface area contributed by atoms with E-state index < -0.39 is 51.8 Å². The fourth-order valence-corrected chi connectivity index (χ4v) is 7.38. The Labute approximate surface area is 361 Å². The number of hydrogen-bond donors (Lipinski definition) is 3. The van der Waals surface area contributed by atoms with Gasteiger partial charge >= 0.3 is 19.8 Å². The fourth-order valence-electron chi connectivity index (χ4n) is 6.59. The Morgan fingerprint density at radius 3 is 1.36 bits per heavy atom. The molecule has 0 fully saturated rings. The largest absolute Gasteiger partial charge is 0.472 e. The lowest BCUT2D eigenvalue weighted by Gasteiger charge is -2.20. The Balaban J connectivity index is 4.24. The number of phosphoric ester groups is 1. The highest BCUT2D eigenvalue weighted by molar-refractivity contribution is 7.47. The zero-order valence-electron chi connectivity index (χ0n) is 37.7. The summed E-state index contributed by atoms with van der Waals surface area (Å²) in [6.45, 7) is 2.36. The van der Waals surface area contributed by atoms with Crippen LogP contribution in [0.4, 0.5) is 0 Å². The summed E-state index contributed by atoms with van der Waals surface area (Å²) in [4.78, 5) is 35.1. The molecule has 0 rings (SSSR count). The van der Waals surface area contributed by atoms with Gasteiger partial charge in [0.2, 0.25) is 0 Å². The maximum atomic E-state index is 12.6. The summed E-state index contributed by atoms with van der Waals surface area (Å²) in [6.07, 6.45) is 46.8. The van der Waals surface area contributed by atoms with E-state index in [1.54, 1.807) is 0 Å². The minimum Gasteiger partial charge on any atom is -0.462 e. The number of esters is 2. The van der Waals surface area contributed by atoms with Crippen molar-refractivity contribution in [2.45, 2.75) is 232 Å². The van der Waals surface area contributed by atoms with Crippen molar-refractivity contribution in [1.29, 1.82) is 0 Å². The Morgan fingerprint density at radius 2 is 0.881 bits per heavy atom. The molecule has 0 aromatic carbocycles. The number of unbranched alkanes of at least 4 members (excludes halogenated alkanes) is 25. The van der Waals surface area contributed by atoms with E-state index in [1.807, 2.05) is 0 Å². The van der Waals surface area contributed by atoms with Gasteiger partial charge in [-0.3, -0.25) is 18.6 Å². The van der Waals surface area contributed by atoms with E-state index in [0.29, 0.717) is 12.8 Å². The first-order chi connectivity index (χ1) is 28.7. The first kappa shape index (κ1) is 57.2. The van der Waals surface area contributed by atoms with E-state index in [1.165, 1.54) is 122 Å². The van der Waals surface area contributed by atoms with Crippen LogP contribution in [0.15, 0.2) is 36.5 Å². The molecule has 0 heterocycles. The normalized spacial score (nSPS) is 14.1. The predicted molar refractivity (Wildman–Crippen MR) is 242 cm³/mol. The highest BCUT2D eigenvalue weighted by atomic mass is 31.2. The minimum absolute atomic E-state index is 0.160. The molecule has 0 spiro atoms. The average Bonchev–Trinajstić information content (AvgIpc) is 3.22. The molecule has 346 valence electrons. The van der Waals surface area contributed by atoms with Crippen LogP contribution < -0.4 is 0 Å². The van der Waals surface area contributed by atoms with E-state index in [2.05, 4.69) is 50.3 Å². The first-order valence-corrected chi connectivity index (χ1v) is 25.4. The summed E-state index contributed by atoms with van der Waals surface area (Å²) in [5, 5.41) is 18.4. The summed E-state index contributed by atoms with van der Waals surface area (Å²) in [5.41, 5.74) is 0. The maximum Gasteiger partial charge on any atom is 0.472 e. The number of hydrogen-bond acceptors (Lipinski definition) is 9. The van der Waals surface area contributed by atoms with Gasteiger partial charge in [0.05, 0.1) is 19.8 Å². The van der Waals surface area contributed by atoms with Gasteiger partial charge in [-0.05, 0) is 51.4 Å². The molecule has 0 aromatic heterocycles. The maximum absolute atomic E-state index is 12.6. The fraction of sp³-hybridized carbons (Fsp3) is 0.833. The Hall–Kier alpha value is -1.81. The van der Waals surface area contributed by atoms with Gasteiger partial charge in [-0.25, -0.2) is 4.57 Å². The van der Waals surface area contributed by atoms with Crippen LogP contribution >= 0.6 is 7.82 Å². The zero-order valence-corrected chi connectivity index (χ0v) is 38.6. The standard InChI is InChI=1S/C48H89O10P/c1-3-5-7-9-11-13-15-17-19-21-22-24-25-27-29-31-33-35-37-39-47(51)55-43-46(44-57-59(53,54)56-42-45(50)41-49)58-48(52)40-38-36-34-32-30-28-26-23-20-18-16-14-12-10-8-6-4-2/h12,14,18,20,26,28,45-46,49-50H,3-11,13,15-17,19,21-25,27,29-44H2,1-2H3,(H,53,54)/b14-12-,20-18-,28-26-/t45-,46+/m0/s1. The number of ether oxygens (including phenoxy) is 2. The number of aliphatic hydroxyl groups is 2. The van der Waals surface area contributed by atoms with Crippen LogP contribution in [0.3, 0.4) is 0 Å². The molecule has 3 N–H and O–H groups in total. The van der Waals surface area contributed by atoms with Crippen LogP contribution in [-0.4, -0.2) is 65.7 Å². The molecule has 0 saturated carbocycles. The van der Waals surface area contributed by atoms with Gasteiger partial charge < -0.3 is 24.6 Å². The van der Waals surface area contributed by atoms with Crippen molar-refractivity contribution in [2.24, 2.45) is 0 Å². The van der Waals surface area contributed by atoms with Crippen LogP contribution in [0, 0.1) is 0 Å². The van der Waals surface area contributed by atoms with Gasteiger partial charge in [0.1, 0.15) is 12.7 Å². The average molecular weight is 857 g/mol. The second-order valence-corrected chi connectivity index (χ2v) is 17.6. The molecule has 3 atom stereocenters. The minimum atomic E-state index is -4.62. The molecule has 1 unspecified atom stereocenters.